The van der Waals surface area contributed by atoms with Gasteiger partial charge in [-0.15, -0.1) is 0 Å². The zero-order chi connectivity index (χ0) is 14.0. The van der Waals surface area contributed by atoms with Crippen LogP contribution in [-0.2, 0) is 0 Å². The molecule has 0 radical (unpaired) electrons. The van der Waals surface area contributed by atoms with Crippen LogP contribution >= 0.6 is 0 Å². The molecule has 0 unspecified atom stereocenters. The monoisotopic (exact) mass is 275 g/mol. The molecule has 6 heteroatoms. The Hall–Kier alpha value is -0.983. The third-order valence-corrected chi connectivity index (χ3v) is 3.18. The molecule has 0 aliphatic carbocycles. The fraction of sp³-hybridized carbons (Fsp3) is 0.500. The van der Waals surface area contributed by atoms with Crippen molar-refractivity contribution in [3.63, 3.8) is 0 Å². The van der Waals surface area contributed by atoms with Gasteiger partial charge in [-0.1, -0.05) is 12.1 Å². The summed E-state index contributed by atoms with van der Waals surface area (Å²) in [4.78, 5) is 0. The molecule has 1 rings (SSSR count). The average Bonchev–Trinajstić information content (AvgIpc) is 2.27. The van der Waals surface area contributed by atoms with Crippen molar-refractivity contribution in [3.05, 3.63) is 29.8 Å². The predicted molar refractivity (Wildman–Crippen MR) is 69.4 cm³/mol. The summed E-state index contributed by atoms with van der Waals surface area (Å²) in [5.41, 5.74) is 5.69. The Morgan fingerprint density at radius 3 is 2.17 bits per heavy atom. The van der Waals surface area contributed by atoms with Crippen LogP contribution in [0.1, 0.15) is 11.6 Å². The summed E-state index contributed by atoms with van der Waals surface area (Å²) in [6.07, 6.45) is 0. The minimum Gasteiger partial charge on any atom is -0.544 e. The van der Waals surface area contributed by atoms with Crippen LogP contribution in [0.3, 0.4) is 0 Å². The topological polar surface area (TPSA) is 55.5 Å². The van der Waals surface area contributed by atoms with Gasteiger partial charge in [0.1, 0.15) is 12.4 Å². The summed E-state index contributed by atoms with van der Waals surface area (Å²) in [6.45, 7) is 4.84. The molecule has 0 aliphatic rings. The molecule has 3 nitrogen and oxygen atoms in total. The Bertz CT molecular complexity index is 390. The summed E-state index contributed by atoms with van der Waals surface area (Å²) in [5, 5.41) is 8.58. The van der Waals surface area contributed by atoms with E-state index in [0.717, 1.165) is 0 Å². The van der Waals surface area contributed by atoms with Crippen molar-refractivity contribution in [2.24, 2.45) is 5.73 Å². The highest BCUT2D eigenvalue weighted by Crippen LogP contribution is 2.29. The van der Waals surface area contributed by atoms with Gasteiger partial charge in [-0.2, -0.15) is 0 Å². The standard InChI is InChI=1S/C12H19F2NO2Si/c1-18(2,3)17-10-6-4-9(5-7-10)11(15)12(13,14)8-16/h4-7,11,16H,8,15H2,1-3H3/t11-/m1/s1. The number of nitrogens with two attached hydrogens (primary N) is 1. The van der Waals surface area contributed by atoms with E-state index in [0.29, 0.717) is 5.75 Å². The number of hydrogen-bond acceptors (Lipinski definition) is 3. The molecule has 18 heavy (non-hydrogen) atoms. The molecule has 1 atom stereocenters. The molecule has 3 N–H and O–H groups in total. The van der Waals surface area contributed by atoms with E-state index in [9.17, 15) is 8.78 Å². The minimum atomic E-state index is -3.32. The number of rotatable bonds is 5. The van der Waals surface area contributed by atoms with Crippen LogP contribution in [0.2, 0.25) is 19.6 Å². The van der Waals surface area contributed by atoms with Crippen LogP contribution < -0.4 is 10.2 Å². The maximum Gasteiger partial charge on any atom is 0.289 e. The zero-order valence-electron chi connectivity index (χ0n) is 10.8. The molecule has 0 heterocycles. The lowest BCUT2D eigenvalue weighted by Gasteiger charge is -2.23. The third kappa shape index (κ3) is 4.04. The first kappa shape index (κ1) is 15.1. The summed E-state index contributed by atoms with van der Waals surface area (Å²) in [6, 6.07) is 4.75. The maximum absolute atomic E-state index is 13.2. The number of alkyl halides is 2. The summed E-state index contributed by atoms with van der Waals surface area (Å²) < 4.78 is 32.1. The Kier molecular flexibility index (Phi) is 4.47. The van der Waals surface area contributed by atoms with Gasteiger partial charge < -0.3 is 15.3 Å². The average molecular weight is 275 g/mol. The fourth-order valence-corrected chi connectivity index (χ4v) is 2.28. The Morgan fingerprint density at radius 1 is 1.28 bits per heavy atom. The normalized spacial score (nSPS) is 14.4. The van der Waals surface area contributed by atoms with Crippen LogP contribution in [0.5, 0.6) is 5.75 Å². The number of aliphatic hydroxyl groups is 1. The van der Waals surface area contributed by atoms with E-state index in [1.54, 1.807) is 12.1 Å². The van der Waals surface area contributed by atoms with Crippen LogP contribution in [0.4, 0.5) is 8.78 Å². The lowest BCUT2D eigenvalue weighted by molar-refractivity contribution is -0.0711. The van der Waals surface area contributed by atoms with Gasteiger partial charge in [0.2, 0.25) is 8.32 Å². The van der Waals surface area contributed by atoms with Crippen LogP contribution in [0.25, 0.3) is 0 Å². The number of hydrogen-bond donors (Lipinski definition) is 2. The van der Waals surface area contributed by atoms with Crippen LogP contribution in [-0.4, -0.2) is 26.0 Å². The van der Waals surface area contributed by atoms with Crippen molar-refractivity contribution < 1.29 is 18.3 Å². The first-order chi connectivity index (χ1) is 8.15. The SMILES string of the molecule is C[Si](C)(C)Oc1ccc([C@@H](N)C(F)(F)CO)cc1. The van der Waals surface area contributed by atoms with Crippen molar-refractivity contribution in [2.45, 2.75) is 31.6 Å². The molecule has 0 aromatic heterocycles. The summed E-state index contributed by atoms with van der Waals surface area (Å²) >= 11 is 0. The van der Waals surface area contributed by atoms with Gasteiger partial charge in [-0.05, 0) is 37.3 Å². The van der Waals surface area contributed by atoms with Crippen LogP contribution in [0.15, 0.2) is 24.3 Å². The molecule has 1 aromatic carbocycles. The quantitative estimate of drug-likeness (QED) is 0.812. The second-order valence-corrected chi connectivity index (χ2v) is 9.61. The van der Waals surface area contributed by atoms with E-state index in [-0.39, 0.29) is 5.56 Å². The Labute approximate surface area is 107 Å². The molecule has 0 saturated carbocycles. The molecule has 1 aromatic rings. The molecule has 102 valence electrons. The molecule has 0 saturated heterocycles. The van der Waals surface area contributed by atoms with E-state index in [1.807, 2.05) is 19.6 Å². The fourth-order valence-electron chi connectivity index (χ4n) is 1.44. The molecule has 0 amide bonds. The highest BCUT2D eigenvalue weighted by atomic mass is 28.4. The van der Waals surface area contributed by atoms with E-state index in [1.165, 1.54) is 12.1 Å². The van der Waals surface area contributed by atoms with Crippen molar-refractivity contribution in [1.29, 1.82) is 0 Å². The Balaban J connectivity index is 2.83. The first-order valence-electron chi connectivity index (χ1n) is 5.69. The van der Waals surface area contributed by atoms with E-state index < -0.39 is 26.9 Å². The second-order valence-electron chi connectivity index (χ2n) is 5.18. The Morgan fingerprint density at radius 2 is 1.78 bits per heavy atom. The van der Waals surface area contributed by atoms with Crippen molar-refractivity contribution in [1.82, 2.24) is 0 Å². The largest absolute Gasteiger partial charge is 0.544 e. The smallest absolute Gasteiger partial charge is 0.289 e. The van der Waals surface area contributed by atoms with Gasteiger partial charge in [-0.25, -0.2) is 8.78 Å². The van der Waals surface area contributed by atoms with E-state index >= 15 is 0 Å². The van der Waals surface area contributed by atoms with Crippen LogP contribution in [0, 0.1) is 0 Å². The maximum atomic E-state index is 13.2. The highest BCUT2D eigenvalue weighted by molar-refractivity contribution is 6.70. The molecule has 0 aliphatic heterocycles. The zero-order valence-corrected chi connectivity index (χ0v) is 11.8. The third-order valence-electron chi connectivity index (χ3n) is 2.33. The lowest BCUT2D eigenvalue weighted by Crippen LogP contribution is -2.36. The molecular weight excluding hydrogens is 256 g/mol. The van der Waals surface area contributed by atoms with Gasteiger partial charge in [-0.3, -0.25) is 0 Å². The molecular formula is C12H19F2NO2Si. The van der Waals surface area contributed by atoms with Gasteiger partial charge in [0.25, 0.3) is 5.92 Å². The summed E-state index contributed by atoms with van der Waals surface area (Å²) in [5.74, 6) is -2.67. The first-order valence-corrected chi connectivity index (χ1v) is 9.10. The number of aliphatic hydroxyl groups excluding tert-OH is 1. The van der Waals surface area contributed by atoms with Crippen molar-refractivity contribution >= 4 is 8.32 Å². The van der Waals surface area contributed by atoms with Gasteiger partial charge in [0.05, 0.1) is 6.04 Å². The summed E-state index contributed by atoms with van der Waals surface area (Å²) in [7, 11) is -1.71. The van der Waals surface area contributed by atoms with Gasteiger partial charge in [0.15, 0.2) is 0 Å². The van der Waals surface area contributed by atoms with Gasteiger partial charge >= 0.3 is 0 Å². The van der Waals surface area contributed by atoms with Crippen molar-refractivity contribution in [3.8, 4) is 5.75 Å². The van der Waals surface area contributed by atoms with Crippen molar-refractivity contribution in [2.75, 3.05) is 6.61 Å². The highest BCUT2D eigenvalue weighted by Gasteiger charge is 2.37. The van der Waals surface area contributed by atoms with Gasteiger partial charge in [0, 0.05) is 0 Å². The number of benzene rings is 1. The molecule has 0 bridgehead atoms. The van der Waals surface area contributed by atoms with E-state index in [2.05, 4.69) is 0 Å². The molecule has 0 fully saturated rings. The number of halogens is 2. The molecule has 0 spiro atoms. The minimum absolute atomic E-state index is 0.275. The predicted octanol–water partition coefficient (Wildman–Crippen LogP) is 2.53. The van der Waals surface area contributed by atoms with E-state index in [4.69, 9.17) is 15.3 Å². The lowest BCUT2D eigenvalue weighted by atomic mass is 10.0. The second kappa shape index (κ2) is 5.34.